The third kappa shape index (κ3) is 4.46. The van der Waals surface area contributed by atoms with Crippen LogP contribution in [0.5, 0.6) is 0 Å². The van der Waals surface area contributed by atoms with Crippen molar-refractivity contribution < 1.29 is 4.79 Å². The van der Waals surface area contributed by atoms with Crippen molar-refractivity contribution >= 4 is 61.3 Å². The van der Waals surface area contributed by atoms with Crippen LogP contribution < -0.4 is 0 Å². The number of benzene rings is 4. The fraction of sp³-hybridized carbons (Fsp3) is 0.172. The first kappa shape index (κ1) is 21.9. The monoisotopic (exact) mass is 471 g/mol. The highest BCUT2D eigenvalue weighted by Crippen LogP contribution is 2.35. The average molecular weight is 472 g/mol. The highest BCUT2D eigenvalue weighted by atomic mass is 35.5. The van der Waals surface area contributed by atoms with Crippen molar-refractivity contribution in [3.63, 3.8) is 0 Å². The topological polar surface area (TPSA) is 30.0 Å². The average Bonchev–Trinajstić information content (AvgIpc) is 2.88. The van der Waals surface area contributed by atoms with Gasteiger partial charge in [-0.25, -0.2) is 0 Å². The molecule has 1 unspecified atom stereocenters. The van der Waals surface area contributed by atoms with Crippen molar-refractivity contribution in [2.75, 3.05) is 0 Å². The van der Waals surface area contributed by atoms with Crippen molar-refractivity contribution in [3.8, 4) is 0 Å². The Balaban J connectivity index is 0.000000190. The number of carbonyl (C=O) groups excluding carboxylic acids is 1. The fourth-order valence-electron chi connectivity index (χ4n) is 4.82. The standard InChI is InChI=1S/C20H16Cl2O.C9H7N/c21-20(22)19(23)14-7-8-16-13(11-14)6-10-17-15-4-2-1-3-12(15)5-9-18(16)17;1-2-4-9-7-10-6-5-8(9)3-1/h1-6,9-10,14,20H,7-8,11H2;1-7H. The van der Waals surface area contributed by atoms with Crippen LogP contribution in [0, 0.1) is 5.92 Å². The lowest BCUT2D eigenvalue weighted by Gasteiger charge is -2.25. The van der Waals surface area contributed by atoms with E-state index in [0.717, 1.165) is 19.3 Å². The largest absolute Gasteiger partial charge is 0.296 e. The first-order chi connectivity index (χ1) is 16.1. The van der Waals surface area contributed by atoms with Gasteiger partial charge < -0.3 is 0 Å². The van der Waals surface area contributed by atoms with Gasteiger partial charge in [-0.2, -0.15) is 0 Å². The first-order valence-electron chi connectivity index (χ1n) is 11.1. The second-order valence-corrected chi connectivity index (χ2v) is 9.55. The number of alkyl halides is 2. The molecule has 0 N–H and O–H groups in total. The lowest BCUT2D eigenvalue weighted by atomic mass is 9.79. The zero-order chi connectivity index (χ0) is 22.8. The summed E-state index contributed by atoms with van der Waals surface area (Å²) >= 11 is 11.5. The maximum Gasteiger partial charge on any atom is 0.169 e. The van der Waals surface area contributed by atoms with Gasteiger partial charge in [0, 0.05) is 18.3 Å². The predicted octanol–water partition coefficient (Wildman–Crippen LogP) is 7.71. The smallest absolute Gasteiger partial charge is 0.169 e. The molecule has 6 rings (SSSR count). The van der Waals surface area contributed by atoms with Gasteiger partial charge in [0.1, 0.15) is 0 Å². The molecule has 0 fully saturated rings. The molecule has 164 valence electrons. The van der Waals surface area contributed by atoms with E-state index >= 15 is 0 Å². The molecule has 33 heavy (non-hydrogen) atoms. The normalized spacial score (nSPS) is 15.3. The molecule has 0 bridgehead atoms. The predicted molar refractivity (Wildman–Crippen MR) is 139 cm³/mol. The van der Waals surface area contributed by atoms with Gasteiger partial charge in [0.15, 0.2) is 10.6 Å². The SMILES string of the molecule is O=C(C(Cl)Cl)C1CCc2c(ccc3c2ccc2ccccc23)C1.c1ccc2cnccc2c1. The Labute approximate surface area is 203 Å². The van der Waals surface area contributed by atoms with E-state index in [-0.39, 0.29) is 11.7 Å². The Kier molecular flexibility index (Phi) is 6.30. The second kappa shape index (κ2) is 9.51. The molecule has 1 aliphatic carbocycles. The lowest BCUT2D eigenvalue weighted by Crippen LogP contribution is -2.26. The van der Waals surface area contributed by atoms with Crippen LogP contribution in [0.3, 0.4) is 0 Å². The van der Waals surface area contributed by atoms with Crippen LogP contribution in [0.15, 0.2) is 91.3 Å². The molecule has 0 spiro atoms. The van der Waals surface area contributed by atoms with Gasteiger partial charge in [0.05, 0.1) is 0 Å². The molecule has 4 heteroatoms. The molecule has 0 radical (unpaired) electrons. The molecule has 1 aliphatic rings. The minimum Gasteiger partial charge on any atom is -0.296 e. The summed E-state index contributed by atoms with van der Waals surface area (Å²) in [6.45, 7) is 0. The van der Waals surface area contributed by atoms with E-state index in [9.17, 15) is 4.79 Å². The molecule has 5 aromatic rings. The summed E-state index contributed by atoms with van der Waals surface area (Å²) in [4.78, 5) is 15.2. The Hall–Kier alpha value is -2.94. The van der Waals surface area contributed by atoms with Gasteiger partial charge in [-0.3, -0.25) is 9.78 Å². The summed E-state index contributed by atoms with van der Waals surface area (Å²) in [5.41, 5.74) is 2.63. The molecule has 1 atom stereocenters. The molecule has 0 aliphatic heterocycles. The highest BCUT2D eigenvalue weighted by Gasteiger charge is 2.28. The van der Waals surface area contributed by atoms with Crippen LogP contribution in [0.1, 0.15) is 17.5 Å². The maximum absolute atomic E-state index is 12.1. The number of Topliss-reactive ketones (excluding diaryl/α,β-unsaturated/α-hetero) is 1. The van der Waals surface area contributed by atoms with Crippen LogP contribution in [0.25, 0.3) is 32.3 Å². The molecular weight excluding hydrogens is 449 g/mol. The number of pyridine rings is 1. The van der Waals surface area contributed by atoms with Gasteiger partial charge in [0.25, 0.3) is 0 Å². The fourth-order valence-corrected chi connectivity index (χ4v) is 5.17. The third-order valence-electron chi connectivity index (χ3n) is 6.51. The Bertz CT molecular complexity index is 1400. The Morgan fingerprint density at radius 3 is 2.30 bits per heavy atom. The summed E-state index contributed by atoms with van der Waals surface area (Å²) in [6.07, 6.45) is 6.15. The zero-order valence-electron chi connectivity index (χ0n) is 18.0. The summed E-state index contributed by atoms with van der Waals surface area (Å²) in [6, 6.07) is 27.4. The van der Waals surface area contributed by atoms with E-state index in [1.165, 1.54) is 43.4 Å². The van der Waals surface area contributed by atoms with Crippen molar-refractivity contribution in [2.45, 2.75) is 24.1 Å². The van der Waals surface area contributed by atoms with Gasteiger partial charge in [-0.05, 0) is 68.8 Å². The molecule has 0 saturated heterocycles. The van der Waals surface area contributed by atoms with Gasteiger partial charge in [0.2, 0.25) is 0 Å². The number of nitrogens with zero attached hydrogens (tertiary/aromatic N) is 1. The number of rotatable bonds is 2. The molecule has 2 nitrogen and oxygen atoms in total. The molecular formula is C29H23Cl2NO. The summed E-state index contributed by atoms with van der Waals surface area (Å²) in [5, 5.41) is 7.59. The van der Waals surface area contributed by atoms with E-state index in [4.69, 9.17) is 23.2 Å². The van der Waals surface area contributed by atoms with E-state index in [1.54, 1.807) is 0 Å². The second-order valence-electron chi connectivity index (χ2n) is 8.45. The van der Waals surface area contributed by atoms with Crippen LogP contribution >= 0.6 is 23.2 Å². The number of halogens is 2. The van der Waals surface area contributed by atoms with Crippen LogP contribution in [-0.4, -0.2) is 15.6 Å². The number of ketones is 1. The molecule has 0 saturated carbocycles. The summed E-state index contributed by atoms with van der Waals surface area (Å²) in [5.74, 6) is -0.0991. The van der Waals surface area contributed by atoms with Crippen LogP contribution in [0.2, 0.25) is 0 Å². The number of aryl methyl sites for hydroxylation is 1. The van der Waals surface area contributed by atoms with Gasteiger partial charge in [-0.1, -0.05) is 96.0 Å². The van der Waals surface area contributed by atoms with E-state index in [0.29, 0.717) is 0 Å². The number of aromatic nitrogens is 1. The summed E-state index contributed by atoms with van der Waals surface area (Å²) < 4.78 is 0. The van der Waals surface area contributed by atoms with Crippen LogP contribution in [-0.2, 0) is 17.6 Å². The molecule has 1 heterocycles. The molecule has 1 aromatic heterocycles. The minimum absolute atomic E-state index is 0.0439. The van der Waals surface area contributed by atoms with Gasteiger partial charge in [-0.15, -0.1) is 0 Å². The minimum atomic E-state index is -0.911. The van der Waals surface area contributed by atoms with E-state index in [2.05, 4.69) is 65.6 Å². The van der Waals surface area contributed by atoms with Crippen molar-refractivity contribution in [1.82, 2.24) is 4.98 Å². The Morgan fingerprint density at radius 1 is 0.788 bits per heavy atom. The number of carbonyl (C=O) groups is 1. The zero-order valence-corrected chi connectivity index (χ0v) is 19.6. The van der Waals surface area contributed by atoms with Gasteiger partial charge >= 0.3 is 0 Å². The van der Waals surface area contributed by atoms with Crippen molar-refractivity contribution in [2.24, 2.45) is 5.92 Å². The van der Waals surface area contributed by atoms with Crippen molar-refractivity contribution in [1.29, 1.82) is 0 Å². The molecule has 4 aromatic carbocycles. The van der Waals surface area contributed by atoms with E-state index < -0.39 is 4.84 Å². The van der Waals surface area contributed by atoms with E-state index in [1.807, 2.05) is 30.6 Å². The number of hydrogen-bond donors (Lipinski definition) is 0. The lowest BCUT2D eigenvalue weighted by molar-refractivity contribution is -0.121. The summed E-state index contributed by atoms with van der Waals surface area (Å²) in [7, 11) is 0. The number of hydrogen-bond acceptors (Lipinski definition) is 2. The number of fused-ring (bicyclic) bond motifs is 6. The molecule has 0 amide bonds. The van der Waals surface area contributed by atoms with Crippen LogP contribution in [0.4, 0.5) is 0 Å². The Morgan fingerprint density at radius 2 is 1.52 bits per heavy atom. The third-order valence-corrected chi connectivity index (χ3v) is 6.94. The first-order valence-corrected chi connectivity index (χ1v) is 12.0. The quantitative estimate of drug-likeness (QED) is 0.195. The maximum atomic E-state index is 12.1. The van der Waals surface area contributed by atoms with Crippen molar-refractivity contribution in [3.05, 3.63) is 102 Å². The highest BCUT2D eigenvalue weighted by molar-refractivity contribution is 6.53.